The molecule has 3 amide bonds. The highest BCUT2D eigenvalue weighted by molar-refractivity contribution is 9.10. The lowest BCUT2D eigenvalue weighted by Gasteiger charge is -2.28. The SMILES string of the molecule is O=C1CC(N(Cc2ccc3c(c2)OCO3)C(=O)c2ccccc2F)C(=O)N1c1ccc(Br)cc1. The van der Waals surface area contributed by atoms with E-state index in [-0.39, 0.29) is 25.3 Å². The van der Waals surface area contributed by atoms with Crippen molar-refractivity contribution in [3.8, 4) is 11.5 Å². The molecule has 2 aliphatic rings. The van der Waals surface area contributed by atoms with Crippen LogP contribution in [0.15, 0.2) is 71.2 Å². The molecule has 2 heterocycles. The van der Waals surface area contributed by atoms with Crippen LogP contribution in [0.4, 0.5) is 10.1 Å². The maximum absolute atomic E-state index is 14.5. The highest BCUT2D eigenvalue weighted by atomic mass is 79.9. The second kappa shape index (κ2) is 8.90. The third-order valence-corrected chi connectivity index (χ3v) is 6.27. The minimum absolute atomic E-state index is 0.0261. The third kappa shape index (κ3) is 4.03. The van der Waals surface area contributed by atoms with E-state index in [1.807, 2.05) is 0 Å². The number of benzene rings is 3. The van der Waals surface area contributed by atoms with Crippen LogP contribution in [0, 0.1) is 5.82 Å². The molecule has 7 nitrogen and oxygen atoms in total. The zero-order valence-corrected chi connectivity index (χ0v) is 19.3. The van der Waals surface area contributed by atoms with Gasteiger partial charge in [-0.25, -0.2) is 9.29 Å². The van der Waals surface area contributed by atoms with Gasteiger partial charge in [-0.05, 0) is 54.1 Å². The fourth-order valence-corrected chi connectivity index (χ4v) is 4.33. The molecule has 0 bridgehead atoms. The van der Waals surface area contributed by atoms with Crippen LogP contribution in [0.3, 0.4) is 0 Å². The molecule has 1 fully saturated rings. The maximum Gasteiger partial charge on any atom is 0.257 e. The number of anilines is 1. The van der Waals surface area contributed by atoms with Gasteiger partial charge in [-0.1, -0.05) is 34.1 Å². The Morgan fingerprint density at radius 3 is 2.53 bits per heavy atom. The van der Waals surface area contributed by atoms with Gasteiger partial charge in [0, 0.05) is 11.0 Å². The second-order valence-corrected chi connectivity index (χ2v) is 8.78. The molecular formula is C25H18BrFN2O5. The Bertz CT molecular complexity index is 1300. The lowest BCUT2D eigenvalue weighted by molar-refractivity contribution is -0.122. The Morgan fingerprint density at radius 2 is 1.76 bits per heavy atom. The molecule has 0 saturated carbocycles. The van der Waals surface area contributed by atoms with Crippen molar-refractivity contribution >= 4 is 39.3 Å². The molecule has 5 rings (SSSR count). The van der Waals surface area contributed by atoms with Crippen molar-refractivity contribution in [2.45, 2.75) is 19.0 Å². The molecule has 2 aliphatic heterocycles. The maximum atomic E-state index is 14.5. The minimum Gasteiger partial charge on any atom is -0.454 e. The zero-order chi connectivity index (χ0) is 23.8. The van der Waals surface area contributed by atoms with E-state index in [0.29, 0.717) is 22.7 Å². The quantitative estimate of drug-likeness (QED) is 0.465. The Hall–Kier alpha value is -3.72. The van der Waals surface area contributed by atoms with Crippen LogP contribution in [-0.4, -0.2) is 35.5 Å². The van der Waals surface area contributed by atoms with Crippen LogP contribution in [0.2, 0.25) is 0 Å². The molecule has 3 aromatic rings. The molecular weight excluding hydrogens is 507 g/mol. The largest absolute Gasteiger partial charge is 0.454 e. The van der Waals surface area contributed by atoms with Gasteiger partial charge in [0.15, 0.2) is 11.5 Å². The summed E-state index contributed by atoms with van der Waals surface area (Å²) in [5.74, 6) is -1.28. The Balaban J connectivity index is 1.50. The number of ether oxygens (including phenoxy) is 2. The van der Waals surface area contributed by atoms with Gasteiger partial charge in [0.05, 0.1) is 17.7 Å². The summed E-state index contributed by atoms with van der Waals surface area (Å²) in [6.45, 7) is 0.0656. The van der Waals surface area contributed by atoms with Gasteiger partial charge >= 0.3 is 0 Å². The summed E-state index contributed by atoms with van der Waals surface area (Å²) >= 11 is 3.33. The molecule has 34 heavy (non-hydrogen) atoms. The van der Waals surface area contributed by atoms with Crippen LogP contribution in [0.5, 0.6) is 11.5 Å². The van der Waals surface area contributed by atoms with Crippen molar-refractivity contribution in [1.82, 2.24) is 4.90 Å². The van der Waals surface area contributed by atoms with E-state index in [2.05, 4.69) is 15.9 Å². The predicted octanol–water partition coefficient (Wildman–Crippen LogP) is 4.29. The Kier molecular flexibility index (Phi) is 5.79. The fourth-order valence-electron chi connectivity index (χ4n) is 4.07. The van der Waals surface area contributed by atoms with Crippen LogP contribution < -0.4 is 14.4 Å². The number of fused-ring (bicyclic) bond motifs is 1. The molecule has 1 saturated heterocycles. The third-order valence-electron chi connectivity index (χ3n) is 5.74. The molecule has 0 aromatic heterocycles. The number of amides is 3. The van der Waals surface area contributed by atoms with Gasteiger partial charge in [-0.2, -0.15) is 0 Å². The first-order valence-electron chi connectivity index (χ1n) is 10.5. The second-order valence-electron chi connectivity index (χ2n) is 7.86. The van der Waals surface area contributed by atoms with Gasteiger partial charge in [0.2, 0.25) is 12.7 Å². The fraction of sp³-hybridized carbons (Fsp3) is 0.160. The van der Waals surface area contributed by atoms with Crippen molar-refractivity contribution < 1.29 is 28.2 Å². The number of hydrogen-bond donors (Lipinski definition) is 0. The summed E-state index contributed by atoms with van der Waals surface area (Å²) in [6, 6.07) is 16.4. The van der Waals surface area contributed by atoms with Gasteiger partial charge < -0.3 is 14.4 Å². The van der Waals surface area contributed by atoms with E-state index in [4.69, 9.17) is 9.47 Å². The highest BCUT2D eigenvalue weighted by Gasteiger charge is 2.45. The van der Waals surface area contributed by atoms with Crippen molar-refractivity contribution in [1.29, 1.82) is 0 Å². The van der Waals surface area contributed by atoms with Crippen LogP contribution in [0.1, 0.15) is 22.3 Å². The van der Waals surface area contributed by atoms with E-state index in [1.54, 1.807) is 48.5 Å². The molecule has 0 radical (unpaired) electrons. The lowest BCUT2D eigenvalue weighted by atomic mass is 10.1. The van der Waals surface area contributed by atoms with Crippen LogP contribution >= 0.6 is 15.9 Å². The molecule has 9 heteroatoms. The molecule has 172 valence electrons. The van der Waals surface area contributed by atoms with Gasteiger partial charge in [-0.15, -0.1) is 0 Å². The summed E-state index contributed by atoms with van der Waals surface area (Å²) < 4.78 is 26.1. The van der Waals surface area contributed by atoms with Crippen molar-refractivity contribution in [3.63, 3.8) is 0 Å². The van der Waals surface area contributed by atoms with Crippen LogP contribution in [-0.2, 0) is 16.1 Å². The normalized spacial score (nSPS) is 16.8. The average Bonchev–Trinajstić information content (AvgIpc) is 3.41. The van der Waals surface area contributed by atoms with Crippen molar-refractivity contribution in [3.05, 3.63) is 88.1 Å². The monoisotopic (exact) mass is 524 g/mol. The summed E-state index contributed by atoms with van der Waals surface area (Å²) in [5, 5.41) is 0. The summed E-state index contributed by atoms with van der Waals surface area (Å²) in [7, 11) is 0. The standard InChI is InChI=1S/C25H18BrFN2O5/c26-16-6-8-17(9-7-16)29-23(30)12-20(25(29)32)28(24(31)18-3-1-2-4-19(18)27)13-15-5-10-21-22(11-15)34-14-33-21/h1-11,20H,12-14H2. The number of rotatable bonds is 5. The van der Waals surface area contributed by atoms with Gasteiger partial charge in [-0.3, -0.25) is 14.4 Å². The number of carbonyl (C=O) groups is 3. The molecule has 0 spiro atoms. The number of carbonyl (C=O) groups excluding carboxylic acids is 3. The molecule has 1 unspecified atom stereocenters. The first-order chi connectivity index (χ1) is 16.4. The Labute approximate surface area is 202 Å². The van der Waals surface area contributed by atoms with Gasteiger partial charge in [0.1, 0.15) is 11.9 Å². The molecule has 0 N–H and O–H groups in total. The number of nitrogens with zero attached hydrogens (tertiary/aromatic N) is 2. The van der Waals surface area contributed by atoms with E-state index in [0.717, 1.165) is 9.37 Å². The minimum atomic E-state index is -1.09. The lowest BCUT2D eigenvalue weighted by Crippen LogP contribution is -2.45. The van der Waals surface area contributed by atoms with Crippen LogP contribution in [0.25, 0.3) is 0 Å². The zero-order valence-electron chi connectivity index (χ0n) is 17.7. The van der Waals surface area contributed by atoms with E-state index < -0.39 is 29.6 Å². The van der Waals surface area contributed by atoms with E-state index >= 15 is 0 Å². The summed E-state index contributed by atoms with van der Waals surface area (Å²) in [6.07, 6.45) is -0.209. The number of imide groups is 1. The molecule has 1 atom stereocenters. The number of hydrogen-bond acceptors (Lipinski definition) is 5. The predicted molar refractivity (Wildman–Crippen MR) is 124 cm³/mol. The smallest absolute Gasteiger partial charge is 0.257 e. The summed E-state index contributed by atoms with van der Waals surface area (Å²) in [5.41, 5.74) is 0.879. The first kappa shape index (κ1) is 22.1. The molecule has 0 aliphatic carbocycles. The Morgan fingerprint density at radius 1 is 1.03 bits per heavy atom. The summed E-state index contributed by atoms with van der Waals surface area (Å²) in [4.78, 5) is 42.0. The topological polar surface area (TPSA) is 76.1 Å². The van der Waals surface area contributed by atoms with E-state index in [1.165, 1.54) is 23.1 Å². The number of halogens is 2. The first-order valence-corrected chi connectivity index (χ1v) is 11.3. The van der Waals surface area contributed by atoms with Crippen molar-refractivity contribution in [2.24, 2.45) is 0 Å². The average molecular weight is 525 g/mol. The van der Waals surface area contributed by atoms with Gasteiger partial charge in [0.25, 0.3) is 11.8 Å². The highest BCUT2D eigenvalue weighted by Crippen LogP contribution is 2.34. The molecule has 3 aromatic carbocycles. The van der Waals surface area contributed by atoms with E-state index in [9.17, 15) is 18.8 Å². The van der Waals surface area contributed by atoms with Crippen molar-refractivity contribution in [2.75, 3.05) is 11.7 Å².